The van der Waals surface area contributed by atoms with Gasteiger partial charge in [0.2, 0.25) is 0 Å². The molecular weight excluding hydrogens is 1020 g/mol. The average molecular weight is 1080 g/mol. The molecular formula is C47H65BBr3F3O9. The summed E-state index contributed by atoms with van der Waals surface area (Å²) in [5.74, 6) is -2.01. The molecule has 0 unspecified atom stereocenters. The molecule has 0 bridgehead atoms. The van der Waals surface area contributed by atoms with Crippen LogP contribution in [0.15, 0.2) is 42.5 Å². The summed E-state index contributed by atoms with van der Waals surface area (Å²) in [5.41, 5.74) is 4.08. The van der Waals surface area contributed by atoms with Gasteiger partial charge in [0, 0.05) is 18.9 Å². The minimum atomic E-state index is -0.560. The van der Waals surface area contributed by atoms with Crippen molar-refractivity contribution in [1.82, 2.24) is 0 Å². The van der Waals surface area contributed by atoms with Crippen molar-refractivity contribution in [3.8, 4) is 17.2 Å². The van der Waals surface area contributed by atoms with E-state index in [9.17, 15) is 32.7 Å². The third-order valence-electron chi connectivity index (χ3n) is 9.14. The van der Waals surface area contributed by atoms with Crippen LogP contribution < -0.4 is 9.47 Å². The quantitative estimate of drug-likeness (QED) is 0.0454. The highest BCUT2D eigenvalue weighted by Gasteiger charge is 2.16. The summed E-state index contributed by atoms with van der Waals surface area (Å²) in [6.07, 6.45) is 11.8. The fourth-order valence-corrected chi connectivity index (χ4v) is 5.99. The molecule has 0 saturated carbocycles. The highest BCUT2D eigenvalue weighted by Crippen LogP contribution is 2.28. The largest absolute Gasteiger partial charge is 0.505 e. The van der Waals surface area contributed by atoms with E-state index in [2.05, 4.69) is 54.2 Å². The lowest BCUT2D eigenvalue weighted by atomic mass is 9.97. The van der Waals surface area contributed by atoms with Crippen LogP contribution in [0, 0.1) is 17.5 Å². The Morgan fingerprint density at radius 3 is 1.41 bits per heavy atom. The molecule has 0 heterocycles. The summed E-state index contributed by atoms with van der Waals surface area (Å²) in [7, 11) is 2.90. The number of halogens is 6. The van der Waals surface area contributed by atoms with Crippen molar-refractivity contribution >= 4 is 74.4 Å². The monoisotopic (exact) mass is 1080 g/mol. The summed E-state index contributed by atoms with van der Waals surface area (Å²) in [6.45, 7) is 12.5. The molecule has 1 N–H and O–H groups in total. The van der Waals surface area contributed by atoms with E-state index in [1.165, 1.54) is 26.4 Å². The molecule has 352 valence electrons. The molecule has 0 atom stereocenters. The lowest BCUT2D eigenvalue weighted by molar-refractivity contribution is -0.144. The summed E-state index contributed by atoms with van der Waals surface area (Å²) in [6, 6.07) is 9.80. The predicted octanol–water partition coefficient (Wildman–Crippen LogP) is 13.0. The number of hydrogen-bond donors (Lipinski definition) is 1. The maximum atomic E-state index is 14.3. The number of ether oxygens (including phenoxy) is 5. The topological polar surface area (TPSA) is 118 Å². The van der Waals surface area contributed by atoms with E-state index in [4.69, 9.17) is 23.7 Å². The number of carbonyl (C=O) groups is 3. The van der Waals surface area contributed by atoms with Crippen LogP contribution in [0.5, 0.6) is 17.2 Å². The van der Waals surface area contributed by atoms with Gasteiger partial charge in [0.05, 0.1) is 34.0 Å². The van der Waals surface area contributed by atoms with E-state index >= 15 is 0 Å². The van der Waals surface area contributed by atoms with Crippen LogP contribution in [0.2, 0.25) is 0 Å². The second kappa shape index (κ2) is 35.8. The van der Waals surface area contributed by atoms with Gasteiger partial charge in [-0.3, -0.25) is 9.59 Å². The van der Waals surface area contributed by atoms with Crippen molar-refractivity contribution in [3.05, 3.63) is 93.3 Å². The molecule has 0 amide bonds. The number of aryl methyl sites for hydroxylation is 2. The Morgan fingerprint density at radius 1 is 0.587 bits per heavy atom. The third kappa shape index (κ3) is 24.4. The van der Waals surface area contributed by atoms with Crippen LogP contribution in [-0.2, 0) is 60.7 Å². The molecule has 0 saturated heterocycles. The SMILES string of the molecule is BrB(Br)Br.CCCCc1c(/C=C/C(=O)OCC)ccc(OC)c1F.CCCCc1c(CCC(=O)OCC)ccc(O)c1F.CCCCc1c(CCC(=O)OCC)ccc(OC)c1F. The van der Waals surface area contributed by atoms with Gasteiger partial charge in [-0.15, -0.1) is 47.3 Å². The Bertz CT molecular complexity index is 1830. The fourth-order valence-electron chi connectivity index (χ4n) is 5.99. The van der Waals surface area contributed by atoms with E-state index in [1.807, 2.05) is 19.9 Å². The second-order valence-corrected chi connectivity index (χ2v) is 20.1. The number of aromatic hydroxyl groups is 1. The van der Waals surface area contributed by atoms with Crippen LogP contribution in [0.25, 0.3) is 6.08 Å². The smallest absolute Gasteiger partial charge is 0.369 e. The van der Waals surface area contributed by atoms with Gasteiger partial charge in [-0.1, -0.05) is 58.2 Å². The first-order valence-electron chi connectivity index (χ1n) is 21.4. The number of hydrogen-bond acceptors (Lipinski definition) is 9. The first kappa shape index (κ1) is 59.5. The van der Waals surface area contributed by atoms with E-state index in [-0.39, 0.29) is 56.8 Å². The van der Waals surface area contributed by atoms with Crippen LogP contribution in [0.4, 0.5) is 13.2 Å². The summed E-state index contributed by atoms with van der Waals surface area (Å²) in [4.78, 5) is 34.1. The van der Waals surface area contributed by atoms with E-state index in [0.29, 0.717) is 74.2 Å². The van der Waals surface area contributed by atoms with Crippen molar-refractivity contribution < 1.29 is 56.3 Å². The Morgan fingerprint density at radius 2 is 0.984 bits per heavy atom. The van der Waals surface area contributed by atoms with E-state index in [1.54, 1.807) is 51.1 Å². The van der Waals surface area contributed by atoms with Crippen molar-refractivity contribution in [1.29, 1.82) is 0 Å². The summed E-state index contributed by atoms with van der Waals surface area (Å²) in [5, 5.41) is 9.42. The number of rotatable bonds is 22. The summed E-state index contributed by atoms with van der Waals surface area (Å²) < 4.78 is 67.3. The molecule has 0 radical (unpaired) electrons. The van der Waals surface area contributed by atoms with Gasteiger partial charge in [-0.05, 0) is 130 Å². The summed E-state index contributed by atoms with van der Waals surface area (Å²) >= 11 is 9.31. The van der Waals surface area contributed by atoms with Gasteiger partial charge in [-0.2, -0.15) is 0 Å². The number of methoxy groups -OCH3 is 2. The molecule has 0 aliphatic carbocycles. The molecule has 0 aliphatic rings. The number of esters is 3. The first-order valence-corrected chi connectivity index (χ1v) is 24.1. The lowest BCUT2D eigenvalue weighted by Crippen LogP contribution is -2.08. The zero-order valence-electron chi connectivity index (χ0n) is 38.0. The van der Waals surface area contributed by atoms with Gasteiger partial charge in [0.15, 0.2) is 34.7 Å². The lowest BCUT2D eigenvalue weighted by Gasteiger charge is -2.13. The molecule has 0 aromatic heterocycles. The molecule has 16 heteroatoms. The van der Waals surface area contributed by atoms with E-state index < -0.39 is 11.8 Å². The molecule has 3 aromatic carbocycles. The Hall–Kier alpha value is -3.50. The zero-order valence-corrected chi connectivity index (χ0v) is 42.7. The maximum Gasteiger partial charge on any atom is 0.369 e. The van der Waals surface area contributed by atoms with E-state index in [0.717, 1.165) is 49.7 Å². The van der Waals surface area contributed by atoms with Crippen LogP contribution in [-0.4, -0.2) is 60.2 Å². The highest BCUT2D eigenvalue weighted by molar-refractivity contribution is 9.69. The number of phenolic OH excluding ortho intramolecular Hbond substituents is 1. The van der Waals surface area contributed by atoms with Gasteiger partial charge in [-0.25, -0.2) is 18.0 Å². The molecule has 0 spiro atoms. The second-order valence-electron chi connectivity index (χ2n) is 13.7. The Kier molecular flexibility index (Phi) is 33.8. The standard InChI is InChI=1S/C16H23FO3.C16H21FO3.C15H21FO3.BBr3/c2*1-4-6-7-13-12(9-11-15(18)20-5-2)8-10-14(19-3)16(13)17;1-3-5-6-12-11(7-9-13(17)15(12)16)8-10-14(18)19-4-2;2-1(3)4/h8,10H,4-7,9,11H2,1-3H3;8-11H,4-7H2,1-3H3;7,9,17H,3-6,8,10H2,1-2H3;/b;11-9+;;. The third-order valence-corrected chi connectivity index (χ3v) is 9.14. The van der Waals surface area contributed by atoms with Gasteiger partial charge < -0.3 is 28.8 Å². The molecule has 3 rings (SSSR count). The minimum Gasteiger partial charge on any atom is -0.505 e. The highest BCUT2D eigenvalue weighted by atomic mass is 79.9. The van der Waals surface area contributed by atoms with Gasteiger partial charge in [0.25, 0.3) is 0 Å². The van der Waals surface area contributed by atoms with Crippen LogP contribution in [0.1, 0.15) is 126 Å². The Labute approximate surface area is 398 Å². The zero-order chi connectivity index (χ0) is 47.7. The van der Waals surface area contributed by atoms with Gasteiger partial charge in [0.1, 0.15) is 0 Å². The van der Waals surface area contributed by atoms with Crippen LogP contribution >= 0.6 is 47.3 Å². The number of phenols is 1. The van der Waals surface area contributed by atoms with Crippen molar-refractivity contribution in [2.75, 3.05) is 34.0 Å². The van der Waals surface area contributed by atoms with Crippen molar-refractivity contribution in [2.24, 2.45) is 0 Å². The number of benzene rings is 3. The first-order chi connectivity index (χ1) is 30.1. The molecule has 0 aliphatic heterocycles. The number of unbranched alkanes of at least 4 members (excludes halogenated alkanes) is 3. The molecule has 0 fully saturated rings. The average Bonchev–Trinajstić information content (AvgIpc) is 3.25. The Balaban J connectivity index is 0.000000876. The fraction of sp³-hybridized carbons (Fsp3) is 0.511. The predicted molar refractivity (Wildman–Crippen MR) is 258 cm³/mol. The van der Waals surface area contributed by atoms with Crippen molar-refractivity contribution in [3.63, 3.8) is 0 Å². The van der Waals surface area contributed by atoms with Gasteiger partial charge >= 0.3 is 21.1 Å². The number of carbonyl (C=O) groups excluding carboxylic acids is 3. The molecule has 9 nitrogen and oxygen atoms in total. The van der Waals surface area contributed by atoms with Crippen molar-refractivity contribution in [2.45, 2.75) is 125 Å². The molecule has 63 heavy (non-hydrogen) atoms. The maximum absolute atomic E-state index is 14.3. The minimum absolute atomic E-state index is 0.226. The van der Waals surface area contributed by atoms with Crippen LogP contribution in [0.3, 0.4) is 0 Å². The molecule has 3 aromatic rings. The normalized spacial score (nSPS) is 10.3.